The van der Waals surface area contributed by atoms with Gasteiger partial charge in [-0.05, 0) is 73.7 Å². The number of aromatic amines is 1. The molecule has 8 nitrogen and oxygen atoms in total. The zero-order chi connectivity index (χ0) is 27.8. The van der Waals surface area contributed by atoms with Gasteiger partial charge in [0, 0.05) is 60.6 Å². The molecule has 2 aliphatic heterocycles. The van der Waals surface area contributed by atoms with Crippen LogP contribution >= 0.6 is 11.3 Å². The Bertz CT molecular complexity index is 1710. The van der Waals surface area contributed by atoms with E-state index in [1.54, 1.807) is 6.33 Å². The normalized spacial score (nSPS) is 17.6. The number of hydrogen-bond donors (Lipinski definition) is 1. The summed E-state index contributed by atoms with van der Waals surface area (Å²) in [4.78, 5) is 35.6. The van der Waals surface area contributed by atoms with Gasteiger partial charge in [-0.25, -0.2) is 9.78 Å². The average Bonchev–Trinajstić information content (AvgIpc) is 3.77. The highest BCUT2D eigenvalue weighted by Gasteiger charge is 2.30. The minimum atomic E-state index is -0.257. The lowest BCUT2D eigenvalue weighted by atomic mass is 10.0. The first-order valence-corrected chi connectivity index (χ1v) is 15.1. The number of hydrogen-bond acceptors (Lipinski definition) is 8. The van der Waals surface area contributed by atoms with E-state index >= 15 is 0 Å². The summed E-state index contributed by atoms with van der Waals surface area (Å²) in [6.07, 6.45) is 6.15. The Hall–Kier alpha value is -3.92. The fourth-order valence-electron chi connectivity index (χ4n) is 6.02. The van der Waals surface area contributed by atoms with E-state index in [-0.39, 0.29) is 5.97 Å². The molecule has 4 aromatic heterocycles. The van der Waals surface area contributed by atoms with E-state index in [0.717, 1.165) is 76.5 Å². The number of rotatable bonds is 7. The van der Waals surface area contributed by atoms with Crippen LogP contribution in [0.15, 0.2) is 66.4 Å². The molecule has 5 aromatic rings. The van der Waals surface area contributed by atoms with Crippen molar-refractivity contribution in [3.8, 4) is 33.8 Å². The number of benzene rings is 1. The molecule has 0 amide bonds. The van der Waals surface area contributed by atoms with Crippen molar-refractivity contribution in [1.82, 2.24) is 29.7 Å². The molecule has 1 N–H and O–H groups in total. The molecule has 0 saturated carbocycles. The molecular formula is C32H32N6O2S. The van der Waals surface area contributed by atoms with Gasteiger partial charge < -0.3 is 9.72 Å². The molecular weight excluding hydrogens is 532 g/mol. The van der Waals surface area contributed by atoms with Gasteiger partial charge >= 0.3 is 5.97 Å². The fraction of sp³-hybridized carbons (Fsp3) is 0.312. The van der Waals surface area contributed by atoms with Crippen LogP contribution in [0.25, 0.3) is 44.7 Å². The van der Waals surface area contributed by atoms with Gasteiger partial charge in [0.1, 0.15) is 11.5 Å². The van der Waals surface area contributed by atoms with Crippen molar-refractivity contribution >= 4 is 28.2 Å². The van der Waals surface area contributed by atoms with Crippen molar-refractivity contribution in [2.45, 2.75) is 25.8 Å². The lowest BCUT2D eigenvalue weighted by molar-refractivity contribution is 0.0398. The number of nitrogens with zero attached hydrogens (tertiary/aromatic N) is 5. The first kappa shape index (κ1) is 26.0. The SMILES string of the molecule is Cc1cccc(-c2[nH]cnc2-c2ccc3ncc(-c4csc(C(=O)OCCN5CCN6CCCC6C5)c4)cc3c2)n1. The van der Waals surface area contributed by atoms with Crippen molar-refractivity contribution in [1.29, 1.82) is 0 Å². The van der Waals surface area contributed by atoms with Crippen molar-refractivity contribution in [2.75, 3.05) is 39.3 Å². The molecule has 1 atom stereocenters. The van der Waals surface area contributed by atoms with Gasteiger partial charge in [0.05, 0.1) is 28.9 Å². The topological polar surface area (TPSA) is 87.2 Å². The summed E-state index contributed by atoms with van der Waals surface area (Å²) in [5.74, 6) is -0.257. The van der Waals surface area contributed by atoms with Crippen LogP contribution in [0.1, 0.15) is 28.2 Å². The number of piperazine rings is 1. The summed E-state index contributed by atoms with van der Waals surface area (Å²) in [7, 11) is 0. The summed E-state index contributed by atoms with van der Waals surface area (Å²) >= 11 is 1.41. The van der Waals surface area contributed by atoms with Gasteiger partial charge in [0.15, 0.2) is 0 Å². The van der Waals surface area contributed by atoms with Crippen molar-refractivity contribution in [3.63, 3.8) is 0 Å². The Balaban J connectivity index is 1.05. The molecule has 0 spiro atoms. The molecule has 208 valence electrons. The number of fused-ring (bicyclic) bond motifs is 2. The quantitative estimate of drug-likeness (QED) is 0.255. The third-order valence-electron chi connectivity index (χ3n) is 8.18. The maximum atomic E-state index is 12.8. The second kappa shape index (κ2) is 11.2. The number of ether oxygens (including phenoxy) is 1. The van der Waals surface area contributed by atoms with Crippen LogP contribution < -0.4 is 0 Å². The largest absolute Gasteiger partial charge is 0.460 e. The third kappa shape index (κ3) is 5.40. The van der Waals surface area contributed by atoms with Crippen LogP contribution in [0.5, 0.6) is 0 Å². The number of aryl methyl sites for hydroxylation is 1. The van der Waals surface area contributed by atoms with Crippen LogP contribution in [0.4, 0.5) is 0 Å². The number of thiophene rings is 1. The minimum absolute atomic E-state index is 0.257. The zero-order valence-electron chi connectivity index (χ0n) is 23.0. The number of carbonyl (C=O) groups excluding carboxylic acids is 1. The highest BCUT2D eigenvalue weighted by molar-refractivity contribution is 7.12. The molecule has 41 heavy (non-hydrogen) atoms. The lowest BCUT2D eigenvalue weighted by Gasteiger charge is -2.37. The second-order valence-electron chi connectivity index (χ2n) is 10.9. The Labute approximate surface area is 243 Å². The van der Waals surface area contributed by atoms with Crippen molar-refractivity contribution in [2.24, 2.45) is 0 Å². The molecule has 9 heteroatoms. The van der Waals surface area contributed by atoms with Gasteiger partial charge in [0.2, 0.25) is 0 Å². The first-order valence-electron chi connectivity index (χ1n) is 14.2. The Morgan fingerprint density at radius 1 is 1.07 bits per heavy atom. The highest BCUT2D eigenvalue weighted by Crippen LogP contribution is 2.32. The average molecular weight is 565 g/mol. The van der Waals surface area contributed by atoms with Crippen molar-refractivity contribution < 1.29 is 9.53 Å². The standard InChI is InChI=1S/C32H32N6O2S/c1-21-4-2-6-28(36-21)31-30(34-20-35-31)22-7-8-27-23(14-22)15-24(17-33-27)25-16-29(41-19-25)32(39)40-13-12-37-10-11-38-9-3-5-26(38)18-37/h2,4,6-8,14-17,19-20,26H,3,5,9-13,18H2,1H3,(H,34,35). The van der Waals surface area contributed by atoms with Crippen molar-refractivity contribution in [3.05, 3.63) is 77.0 Å². The molecule has 2 aliphatic rings. The molecule has 1 unspecified atom stereocenters. The predicted molar refractivity (Wildman–Crippen MR) is 162 cm³/mol. The summed E-state index contributed by atoms with van der Waals surface area (Å²) in [5.41, 5.74) is 7.36. The number of H-pyrrole nitrogens is 1. The smallest absolute Gasteiger partial charge is 0.348 e. The fourth-order valence-corrected chi connectivity index (χ4v) is 6.83. The van der Waals surface area contributed by atoms with Crippen LogP contribution in [-0.2, 0) is 4.74 Å². The number of aromatic nitrogens is 4. The minimum Gasteiger partial charge on any atom is -0.460 e. The van der Waals surface area contributed by atoms with Gasteiger partial charge in [-0.3, -0.25) is 19.8 Å². The number of esters is 1. The van der Waals surface area contributed by atoms with Crippen LogP contribution in [0.3, 0.4) is 0 Å². The molecule has 6 heterocycles. The van der Waals surface area contributed by atoms with Gasteiger partial charge in [-0.15, -0.1) is 11.3 Å². The van der Waals surface area contributed by atoms with Gasteiger partial charge in [0.25, 0.3) is 0 Å². The molecule has 2 saturated heterocycles. The molecule has 0 radical (unpaired) electrons. The Morgan fingerprint density at radius 2 is 2.00 bits per heavy atom. The van der Waals surface area contributed by atoms with E-state index in [4.69, 9.17) is 4.74 Å². The molecule has 7 rings (SSSR count). The van der Waals surface area contributed by atoms with Crippen LogP contribution in [0.2, 0.25) is 0 Å². The number of carbonyl (C=O) groups is 1. The zero-order valence-corrected chi connectivity index (χ0v) is 23.9. The Kier molecular flexibility index (Phi) is 7.08. The van der Waals surface area contributed by atoms with Crippen LogP contribution in [-0.4, -0.2) is 81.1 Å². The van der Waals surface area contributed by atoms with E-state index in [0.29, 0.717) is 17.5 Å². The van der Waals surface area contributed by atoms with Gasteiger partial charge in [-0.1, -0.05) is 12.1 Å². The van der Waals surface area contributed by atoms with E-state index in [9.17, 15) is 4.79 Å². The number of nitrogens with one attached hydrogen (secondary N) is 1. The molecule has 1 aromatic carbocycles. The van der Waals surface area contributed by atoms with E-state index < -0.39 is 0 Å². The van der Waals surface area contributed by atoms with Crippen LogP contribution in [0, 0.1) is 6.92 Å². The summed E-state index contributed by atoms with van der Waals surface area (Å²) in [6.45, 7) is 7.70. The van der Waals surface area contributed by atoms with Gasteiger partial charge in [-0.2, -0.15) is 0 Å². The molecule has 0 bridgehead atoms. The lowest BCUT2D eigenvalue weighted by Crippen LogP contribution is -2.50. The number of pyridine rings is 2. The summed E-state index contributed by atoms with van der Waals surface area (Å²) in [6, 6.07) is 16.8. The molecule has 2 fully saturated rings. The Morgan fingerprint density at radius 3 is 2.93 bits per heavy atom. The maximum Gasteiger partial charge on any atom is 0.348 e. The maximum absolute atomic E-state index is 12.8. The predicted octanol–water partition coefficient (Wildman–Crippen LogP) is 5.66. The summed E-state index contributed by atoms with van der Waals surface area (Å²) in [5, 5.41) is 3.00. The third-order valence-corrected chi connectivity index (χ3v) is 9.09. The second-order valence-corrected chi connectivity index (χ2v) is 11.8. The van der Waals surface area contributed by atoms with E-state index in [2.05, 4.69) is 41.9 Å². The van der Waals surface area contributed by atoms with E-state index in [1.165, 1.54) is 30.7 Å². The monoisotopic (exact) mass is 564 g/mol. The van der Waals surface area contributed by atoms with E-state index in [1.807, 2.05) is 54.9 Å². The number of imidazole rings is 1. The summed E-state index contributed by atoms with van der Waals surface area (Å²) < 4.78 is 5.66. The first-order chi connectivity index (χ1) is 20.1. The molecule has 0 aliphatic carbocycles. The highest BCUT2D eigenvalue weighted by atomic mass is 32.1.